The van der Waals surface area contributed by atoms with E-state index in [2.05, 4.69) is 7.05 Å². The van der Waals surface area contributed by atoms with Crippen LogP contribution in [0.4, 0.5) is 11.4 Å². The molecule has 1 aromatic rings. The average molecular weight is 276 g/mol. The van der Waals surface area contributed by atoms with Gasteiger partial charge in [-0.05, 0) is 49.4 Å². The predicted octanol–water partition coefficient (Wildman–Crippen LogP) is 3.19. The van der Waals surface area contributed by atoms with Crippen LogP contribution in [-0.2, 0) is 6.42 Å². The number of hydrogen-bond acceptors (Lipinski definition) is 2. The Morgan fingerprint density at radius 2 is 1.70 bits per heavy atom. The van der Waals surface area contributed by atoms with Gasteiger partial charge in [0.25, 0.3) is 0 Å². The predicted molar refractivity (Wildman–Crippen MR) is 87.5 cm³/mol. The monoisotopic (exact) mass is 276 g/mol. The first kappa shape index (κ1) is 15.2. The van der Waals surface area contributed by atoms with Crippen molar-refractivity contribution >= 4 is 11.4 Å². The fourth-order valence-electron chi connectivity index (χ4n) is 3.33. The summed E-state index contributed by atoms with van der Waals surface area (Å²) < 4.78 is 1.31. The number of aryl methyl sites for hydroxylation is 1. The van der Waals surface area contributed by atoms with Crippen LogP contribution in [0.1, 0.15) is 44.1 Å². The van der Waals surface area contributed by atoms with Crippen molar-refractivity contribution in [1.29, 1.82) is 0 Å². The topological polar surface area (TPSA) is 52.0 Å². The maximum Gasteiger partial charge on any atom is 0.0786 e. The van der Waals surface area contributed by atoms with Crippen molar-refractivity contribution in [3.05, 3.63) is 23.8 Å². The van der Waals surface area contributed by atoms with Gasteiger partial charge in [0.15, 0.2) is 0 Å². The number of nitrogens with zero attached hydrogens (tertiary/aromatic N) is 1. The van der Waals surface area contributed by atoms with Crippen LogP contribution >= 0.6 is 0 Å². The van der Waals surface area contributed by atoms with Crippen LogP contribution in [-0.4, -0.2) is 31.2 Å². The Kier molecular flexibility index (Phi) is 5.30. The third kappa shape index (κ3) is 4.41. The zero-order chi connectivity index (χ0) is 14.4. The fraction of sp³-hybridized carbons (Fsp3) is 0.647. The molecule has 0 unspecified atom stereocenters. The van der Waals surface area contributed by atoms with E-state index >= 15 is 0 Å². The minimum atomic E-state index is 0.820. The number of hydrogen-bond donors (Lipinski definition) is 2. The summed E-state index contributed by atoms with van der Waals surface area (Å²) in [4.78, 5) is 0. The number of benzene rings is 1. The van der Waals surface area contributed by atoms with Crippen LogP contribution in [0, 0.1) is 0 Å². The number of rotatable bonds is 7. The van der Waals surface area contributed by atoms with Gasteiger partial charge in [-0.1, -0.05) is 6.42 Å². The summed E-state index contributed by atoms with van der Waals surface area (Å²) in [6.45, 7) is 4.14. The van der Waals surface area contributed by atoms with Crippen molar-refractivity contribution in [2.24, 2.45) is 0 Å². The number of anilines is 2. The molecule has 1 fully saturated rings. The van der Waals surface area contributed by atoms with Crippen LogP contribution in [0.3, 0.4) is 0 Å². The lowest BCUT2D eigenvalue weighted by Crippen LogP contribution is -2.41. The highest BCUT2D eigenvalue weighted by molar-refractivity contribution is 5.55. The quantitative estimate of drug-likeness (QED) is 0.456. The summed E-state index contributed by atoms with van der Waals surface area (Å²) in [7, 11) is 2.42. The van der Waals surface area contributed by atoms with Gasteiger partial charge >= 0.3 is 0 Å². The minimum absolute atomic E-state index is 0.820. The highest BCUT2D eigenvalue weighted by atomic mass is 15.3. The molecule has 0 amide bonds. The Labute approximate surface area is 123 Å². The normalized spacial score (nSPS) is 17.4. The van der Waals surface area contributed by atoms with Gasteiger partial charge in [-0.3, -0.25) is 0 Å². The Hall–Kier alpha value is -1.22. The highest BCUT2D eigenvalue weighted by Gasteiger charge is 2.25. The van der Waals surface area contributed by atoms with Gasteiger partial charge in [-0.2, -0.15) is 0 Å². The first-order valence-electron chi connectivity index (χ1n) is 8.06. The summed E-state index contributed by atoms with van der Waals surface area (Å²) in [5, 5.41) is 0. The average Bonchev–Trinajstić information content (AvgIpc) is 2.85. The van der Waals surface area contributed by atoms with Gasteiger partial charge in [0.1, 0.15) is 0 Å². The number of nitrogens with two attached hydrogens (primary N) is 2. The molecule has 0 bridgehead atoms. The van der Waals surface area contributed by atoms with E-state index in [-0.39, 0.29) is 0 Å². The lowest BCUT2D eigenvalue weighted by atomic mass is 10.0. The Balaban J connectivity index is 1.61. The van der Waals surface area contributed by atoms with E-state index in [0.29, 0.717) is 0 Å². The fourth-order valence-corrected chi connectivity index (χ4v) is 3.33. The summed E-state index contributed by atoms with van der Waals surface area (Å²) in [5.41, 5.74) is 14.7. The van der Waals surface area contributed by atoms with Crippen molar-refractivity contribution in [3.8, 4) is 0 Å². The molecule has 0 aromatic heterocycles. The molecule has 0 aliphatic carbocycles. The van der Waals surface area contributed by atoms with Crippen LogP contribution in [0.25, 0.3) is 0 Å². The van der Waals surface area contributed by atoms with Crippen molar-refractivity contribution in [2.45, 2.75) is 44.9 Å². The third-order valence-corrected chi connectivity index (χ3v) is 4.71. The SMILES string of the molecule is C[N+]1(CCCCCCc2cc(N)ccc2N)CCCC1. The lowest BCUT2D eigenvalue weighted by Gasteiger charge is -2.29. The molecule has 1 saturated heterocycles. The Morgan fingerprint density at radius 1 is 1.00 bits per heavy atom. The summed E-state index contributed by atoms with van der Waals surface area (Å²) >= 11 is 0. The van der Waals surface area contributed by atoms with Gasteiger partial charge in [-0.15, -0.1) is 0 Å². The first-order valence-corrected chi connectivity index (χ1v) is 8.06. The van der Waals surface area contributed by atoms with Crippen LogP contribution in [0.2, 0.25) is 0 Å². The second kappa shape index (κ2) is 6.98. The van der Waals surface area contributed by atoms with Gasteiger partial charge in [0.2, 0.25) is 0 Å². The molecule has 0 spiro atoms. The molecule has 4 N–H and O–H groups in total. The van der Waals surface area contributed by atoms with Gasteiger partial charge in [-0.25, -0.2) is 0 Å². The molecule has 1 heterocycles. The first-order chi connectivity index (χ1) is 9.59. The zero-order valence-corrected chi connectivity index (χ0v) is 12.9. The second-order valence-electron chi connectivity index (χ2n) is 6.62. The van der Waals surface area contributed by atoms with E-state index in [1.807, 2.05) is 18.2 Å². The summed E-state index contributed by atoms with van der Waals surface area (Å²) in [5.74, 6) is 0. The van der Waals surface area contributed by atoms with Gasteiger partial charge in [0, 0.05) is 24.2 Å². The standard InChI is InChI=1S/C17H30N3/c1-20(12-6-7-13-20)11-5-3-2-4-8-15-14-16(18)9-10-17(15)19/h9-10,14H,2-8,11-13,18-19H2,1H3/q+1. The molecule has 112 valence electrons. The van der Waals surface area contributed by atoms with Crippen LogP contribution < -0.4 is 11.5 Å². The molecule has 0 saturated carbocycles. The van der Waals surface area contributed by atoms with E-state index < -0.39 is 0 Å². The van der Waals surface area contributed by atoms with Crippen molar-refractivity contribution < 1.29 is 4.48 Å². The molecule has 0 radical (unpaired) electrons. The molecule has 3 heteroatoms. The zero-order valence-electron chi connectivity index (χ0n) is 12.9. The molecule has 3 nitrogen and oxygen atoms in total. The molecular formula is C17H30N3+. The van der Waals surface area contributed by atoms with Crippen molar-refractivity contribution in [2.75, 3.05) is 38.1 Å². The highest BCUT2D eigenvalue weighted by Crippen LogP contribution is 2.20. The van der Waals surface area contributed by atoms with Crippen LogP contribution in [0.5, 0.6) is 0 Å². The number of quaternary nitrogens is 1. The van der Waals surface area contributed by atoms with Crippen molar-refractivity contribution in [3.63, 3.8) is 0 Å². The maximum absolute atomic E-state index is 5.97. The molecule has 20 heavy (non-hydrogen) atoms. The van der Waals surface area contributed by atoms with Crippen molar-refractivity contribution in [1.82, 2.24) is 0 Å². The number of unbranched alkanes of at least 4 members (excludes halogenated alkanes) is 3. The second-order valence-corrected chi connectivity index (χ2v) is 6.62. The molecular weight excluding hydrogens is 246 g/mol. The lowest BCUT2D eigenvalue weighted by molar-refractivity contribution is -0.897. The van der Waals surface area contributed by atoms with Gasteiger partial charge in [0.05, 0.1) is 26.7 Å². The van der Waals surface area contributed by atoms with E-state index in [4.69, 9.17) is 11.5 Å². The summed E-state index contributed by atoms with van der Waals surface area (Å²) in [6.07, 6.45) is 9.13. The van der Waals surface area contributed by atoms with E-state index in [0.717, 1.165) is 17.8 Å². The van der Waals surface area contributed by atoms with E-state index in [9.17, 15) is 0 Å². The molecule has 0 atom stereocenters. The maximum atomic E-state index is 5.97. The Bertz CT molecular complexity index is 422. The van der Waals surface area contributed by atoms with Gasteiger partial charge < -0.3 is 16.0 Å². The molecule has 1 aliphatic heterocycles. The van der Waals surface area contributed by atoms with Crippen LogP contribution in [0.15, 0.2) is 18.2 Å². The third-order valence-electron chi connectivity index (χ3n) is 4.71. The summed E-state index contributed by atoms with van der Waals surface area (Å²) in [6, 6.07) is 5.81. The molecule has 1 aromatic carbocycles. The van der Waals surface area contributed by atoms with E-state index in [1.54, 1.807) is 0 Å². The minimum Gasteiger partial charge on any atom is -0.399 e. The molecule has 2 rings (SSSR count). The number of nitrogen functional groups attached to an aromatic ring is 2. The Morgan fingerprint density at radius 3 is 2.45 bits per heavy atom. The van der Waals surface area contributed by atoms with E-state index in [1.165, 1.54) is 68.2 Å². The number of likely N-dealkylation sites (tertiary alicyclic amines) is 1. The molecule has 1 aliphatic rings. The largest absolute Gasteiger partial charge is 0.399 e. The smallest absolute Gasteiger partial charge is 0.0786 e.